The molecule has 2 unspecified atom stereocenters. The van der Waals surface area contributed by atoms with Gasteiger partial charge in [0.15, 0.2) is 0 Å². The highest BCUT2D eigenvalue weighted by Crippen LogP contribution is 2.44. The van der Waals surface area contributed by atoms with Crippen LogP contribution in [-0.2, 0) is 0 Å². The van der Waals surface area contributed by atoms with Gasteiger partial charge in [0, 0.05) is 23.0 Å². The molecule has 0 radical (unpaired) electrons. The summed E-state index contributed by atoms with van der Waals surface area (Å²) in [5, 5.41) is 10.5. The van der Waals surface area contributed by atoms with Crippen LogP contribution in [0.4, 0.5) is 0 Å². The smallest absolute Gasteiger partial charge is 0.126 e. The van der Waals surface area contributed by atoms with E-state index >= 15 is 0 Å². The second-order valence-corrected chi connectivity index (χ2v) is 6.89. The Kier molecular flexibility index (Phi) is 4.07. The van der Waals surface area contributed by atoms with Crippen molar-refractivity contribution < 1.29 is 9.84 Å². The number of rotatable bonds is 1. The van der Waals surface area contributed by atoms with Gasteiger partial charge in [-0.1, -0.05) is 22.9 Å². The molecule has 3 rings (SSSR count). The average Bonchev–Trinajstić information content (AvgIpc) is 2.62. The fourth-order valence-corrected chi connectivity index (χ4v) is 3.83. The molecule has 20 heavy (non-hydrogen) atoms. The zero-order valence-corrected chi connectivity index (χ0v) is 13.5. The molecule has 0 amide bonds. The Hall–Kier alpha value is -0.580. The third kappa shape index (κ3) is 2.74. The number of aliphatic hydroxyl groups is 1. The molecule has 0 aliphatic carbocycles. The summed E-state index contributed by atoms with van der Waals surface area (Å²) < 4.78 is 7.34. The highest BCUT2D eigenvalue weighted by molar-refractivity contribution is 9.10. The fourth-order valence-electron chi connectivity index (χ4n) is 3.46. The van der Waals surface area contributed by atoms with E-state index in [0.29, 0.717) is 6.42 Å². The topological polar surface area (TPSA) is 32.7 Å². The molecule has 2 aliphatic rings. The molecule has 2 atom stereocenters. The van der Waals surface area contributed by atoms with E-state index < -0.39 is 6.10 Å². The Labute approximate surface area is 129 Å². The molecule has 1 spiro atoms. The van der Waals surface area contributed by atoms with E-state index in [2.05, 4.69) is 27.8 Å². The van der Waals surface area contributed by atoms with Gasteiger partial charge < -0.3 is 14.7 Å². The molecule has 2 aliphatic heterocycles. The largest absolute Gasteiger partial charge is 0.487 e. The lowest BCUT2D eigenvalue weighted by Gasteiger charge is -2.40. The highest BCUT2D eigenvalue weighted by Gasteiger charge is 2.41. The van der Waals surface area contributed by atoms with Crippen molar-refractivity contribution in [3.63, 3.8) is 0 Å². The Bertz CT molecular complexity index is 493. The molecular weight excluding hydrogens is 318 g/mol. The van der Waals surface area contributed by atoms with Crippen LogP contribution in [0.5, 0.6) is 5.75 Å². The number of fused-ring (bicyclic) bond motifs is 1. The summed E-state index contributed by atoms with van der Waals surface area (Å²) in [5.41, 5.74) is 0.742. The van der Waals surface area contributed by atoms with Crippen LogP contribution in [-0.4, -0.2) is 35.2 Å². The van der Waals surface area contributed by atoms with Gasteiger partial charge in [-0.25, -0.2) is 0 Å². The van der Waals surface area contributed by atoms with E-state index in [1.807, 2.05) is 18.2 Å². The van der Waals surface area contributed by atoms with Gasteiger partial charge in [-0.3, -0.25) is 0 Å². The summed E-state index contributed by atoms with van der Waals surface area (Å²) in [6, 6.07) is 5.94. The van der Waals surface area contributed by atoms with Crippen LogP contribution in [0.1, 0.15) is 44.3 Å². The van der Waals surface area contributed by atoms with Crippen LogP contribution in [0.15, 0.2) is 22.7 Å². The summed E-state index contributed by atoms with van der Waals surface area (Å²) in [4.78, 5) is 2.47. The Morgan fingerprint density at radius 3 is 3.05 bits per heavy atom. The molecule has 2 heterocycles. The molecule has 1 saturated heterocycles. The first-order valence-electron chi connectivity index (χ1n) is 7.51. The number of ether oxygens (including phenoxy) is 1. The second kappa shape index (κ2) is 5.66. The van der Waals surface area contributed by atoms with Crippen molar-refractivity contribution in [1.29, 1.82) is 0 Å². The van der Waals surface area contributed by atoms with Crippen molar-refractivity contribution in [1.82, 2.24) is 4.90 Å². The molecule has 1 fully saturated rings. The summed E-state index contributed by atoms with van der Waals surface area (Å²) in [5.74, 6) is 0.858. The van der Waals surface area contributed by atoms with Gasteiger partial charge >= 0.3 is 0 Å². The highest BCUT2D eigenvalue weighted by atomic mass is 79.9. The quantitative estimate of drug-likeness (QED) is 0.849. The van der Waals surface area contributed by atoms with Crippen molar-refractivity contribution in [3.8, 4) is 5.75 Å². The van der Waals surface area contributed by atoms with E-state index in [9.17, 15) is 5.11 Å². The minimum Gasteiger partial charge on any atom is -0.487 e. The number of halogens is 1. The third-order valence-corrected chi connectivity index (χ3v) is 5.15. The first-order valence-corrected chi connectivity index (χ1v) is 8.30. The molecular formula is C16H22BrNO2. The minimum absolute atomic E-state index is 0.176. The monoisotopic (exact) mass is 339 g/mol. The van der Waals surface area contributed by atoms with Crippen molar-refractivity contribution in [3.05, 3.63) is 28.2 Å². The van der Waals surface area contributed by atoms with Gasteiger partial charge in [-0.2, -0.15) is 0 Å². The lowest BCUT2D eigenvalue weighted by molar-refractivity contribution is -0.0238. The molecule has 0 saturated carbocycles. The molecule has 110 valence electrons. The fraction of sp³-hybridized carbons (Fsp3) is 0.625. The molecule has 3 nitrogen and oxygen atoms in total. The Balaban J connectivity index is 1.85. The van der Waals surface area contributed by atoms with Crippen LogP contribution < -0.4 is 4.74 Å². The predicted octanol–water partition coefficient (Wildman–Crippen LogP) is 3.51. The van der Waals surface area contributed by atoms with E-state index in [1.165, 1.54) is 0 Å². The summed E-state index contributed by atoms with van der Waals surface area (Å²) >= 11 is 3.46. The van der Waals surface area contributed by atoms with E-state index in [4.69, 9.17) is 4.74 Å². The van der Waals surface area contributed by atoms with Gasteiger partial charge in [0.2, 0.25) is 0 Å². The predicted molar refractivity (Wildman–Crippen MR) is 83.0 cm³/mol. The van der Waals surface area contributed by atoms with Gasteiger partial charge in [0.25, 0.3) is 0 Å². The molecule has 0 aromatic heterocycles. The van der Waals surface area contributed by atoms with Gasteiger partial charge in [0.1, 0.15) is 11.4 Å². The standard InChI is InChI=1S/C16H22BrNO2/c1-2-18-8-3-6-16(7-9-18)11-14(19)13-10-12(17)4-5-15(13)20-16/h4-5,10,14,19H,2-3,6-9,11H2,1H3. The molecule has 1 N–H and O–H groups in total. The summed E-state index contributed by atoms with van der Waals surface area (Å²) in [7, 11) is 0. The maximum atomic E-state index is 10.5. The van der Waals surface area contributed by atoms with E-state index in [-0.39, 0.29) is 5.60 Å². The van der Waals surface area contributed by atoms with Crippen LogP contribution in [0.25, 0.3) is 0 Å². The first-order chi connectivity index (χ1) is 9.62. The molecule has 0 bridgehead atoms. The SMILES string of the molecule is CCN1CCCC2(CC1)CC(O)c1cc(Br)ccc1O2. The zero-order valence-electron chi connectivity index (χ0n) is 11.9. The lowest BCUT2D eigenvalue weighted by atomic mass is 9.83. The summed E-state index contributed by atoms with van der Waals surface area (Å²) in [6.07, 6.45) is 3.49. The third-order valence-electron chi connectivity index (χ3n) is 4.66. The van der Waals surface area contributed by atoms with Crippen molar-refractivity contribution in [2.45, 2.75) is 44.3 Å². The minimum atomic E-state index is -0.413. The number of benzene rings is 1. The van der Waals surface area contributed by atoms with Crippen LogP contribution in [0.2, 0.25) is 0 Å². The number of nitrogens with zero attached hydrogens (tertiary/aromatic N) is 1. The maximum Gasteiger partial charge on any atom is 0.126 e. The first kappa shape index (κ1) is 14.4. The molecule has 1 aromatic rings. The van der Waals surface area contributed by atoms with Crippen LogP contribution in [0, 0.1) is 0 Å². The number of hydrogen-bond acceptors (Lipinski definition) is 3. The van der Waals surface area contributed by atoms with Gasteiger partial charge in [0.05, 0.1) is 6.10 Å². The summed E-state index contributed by atoms with van der Waals surface area (Å²) in [6.45, 7) is 5.52. The van der Waals surface area contributed by atoms with Crippen molar-refractivity contribution in [2.75, 3.05) is 19.6 Å². The van der Waals surface area contributed by atoms with Gasteiger partial charge in [-0.05, 0) is 50.6 Å². The number of aliphatic hydroxyl groups excluding tert-OH is 1. The maximum absolute atomic E-state index is 10.5. The van der Waals surface area contributed by atoms with E-state index in [1.54, 1.807) is 0 Å². The average molecular weight is 340 g/mol. The molecule has 1 aromatic carbocycles. The van der Waals surface area contributed by atoms with Crippen LogP contribution >= 0.6 is 15.9 Å². The second-order valence-electron chi connectivity index (χ2n) is 5.97. The van der Waals surface area contributed by atoms with Crippen molar-refractivity contribution >= 4 is 15.9 Å². The molecule has 4 heteroatoms. The number of hydrogen-bond donors (Lipinski definition) is 1. The Morgan fingerprint density at radius 2 is 2.25 bits per heavy atom. The normalized spacial score (nSPS) is 30.6. The van der Waals surface area contributed by atoms with Crippen LogP contribution in [0.3, 0.4) is 0 Å². The zero-order chi connectivity index (χ0) is 14.2. The van der Waals surface area contributed by atoms with Crippen molar-refractivity contribution in [2.24, 2.45) is 0 Å². The van der Waals surface area contributed by atoms with Gasteiger partial charge in [-0.15, -0.1) is 0 Å². The van der Waals surface area contributed by atoms with E-state index in [0.717, 1.165) is 54.7 Å². The number of likely N-dealkylation sites (tertiary alicyclic amines) is 1. The lowest BCUT2D eigenvalue weighted by Crippen LogP contribution is -2.42. The Morgan fingerprint density at radius 1 is 1.40 bits per heavy atom.